The zero-order valence-corrected chi connectivity index (χ0v) is 25.6. The minimum absolute atomic E-state index is 0.0163. The van der Waals surface area contributed by atoms with Crippen LogP contribution in [0.15, 0.2) is 54.6 Å². The zero-order valence-electron chi connectivity index (χ0n) is 25.6. The lowest BCUT2D eigenvalue weighted by Gasteiger charge is -2.44. The Kier molecular flexibility index (Phi) is 8.34. The van der Waals surface area contributed by atoms with Crippen LogP contribution >= 0.6 is 0 Å². The van der Waals surface area contributed by atoms with Crippen LogP contribution in [0.25, 0.3) is 0 Å². The molecule has 0 radical (unpaired) electrons. The maximum absolute atomic E-state index is 13.6. The summed E-state index contributed by atoms with van der Waals surface area (Å²) in [5.41, 5.74) is 4.43. The number of nitrogens with one attached hydrogen (secondary N) is 1. The van der Waals surface area contributed by atoms with E-state index in [9.17, 15) is 29.7 Å². The number of hydrogen-bond donors (Lipinski definition) is 5. The molecule has 1 heterocycles. The number of aromatic hydroxyl groups is 2. The first-order valence-electron chi connectivity index (χ1n) is 15.1. The summed E-state index contributed by atoms with van der Waals surface area (Å²) < 4.78 is 23.4. The van der Waals surface area contributed by atoms with Crippen LogP contribution in [0.3, 0.4) is 0 Å². The van der Waals surface area contributed by atoms with Crippen molar-refractivity contribution in [1.29, 1.82) is 0 Å². The molecule has 0 saturated carbocycles. The predicted molar refractivity (Wildman–Crippen MR) is 164 cm³/mol. The molecule has 3 aromatic carbocycles. The minimum atomic E-state index is -1.86. The van der Waals surface area contributed by atoms with E-state index >= 15 is 0 Å². The summed E-state index contributed by atoms with van der Waals surface area (Å²) >= 11 is 0. The van der Waals surface area contributed by atoms with Gasteiger partial charge in [0.2, 0.25) is 0 Å². The molecule has 1 amide bonds. The highest BCUT2D eigenvalue weighted by Gasteiger charge is 2.50. The van der Waals surface area contributed by atoms with Crippen molar-refractivity contribution in [3.63, 3.8) is 0 Å². The Morgan fingerprint density at radius 3 is 2.24 bits per heavy atom. The van der Waals surface area contributed by atoms with Crippen molar-refractivity contribution in [3.05, 3.63) is 88.0 Å². The number of hydrogen-bond acceptors (Lipinski definition) is 11. The van der Waals surface area contributed by atoms with Crippen molar-refractivity contribution in [2.75, 3.05) is 12.4 Å². The van der Waals surface area contributed by atoms with Crippen LogP contribution < -0.4 is 11.1 Å². The molecule has 2 aliphatic carbocycles. The predicted octanol–water partition coefficient (Wildman–Crippen LogP) is 3.72. The summed E-state index contributed by atoms with van der Waals surface area (Å²) in [6, 6.07) is 14.3. The normalized spacial score (nSPS) is 27.6. The van der Waals surface area contributed by atoms with Crippen molar-refractivity contribution in [1.82, 2.24) is 0 Å². The van der Waals surface area contributed by atoms with E-state index in [1.54, 1.807) is 49.4 Å². The van der Waals surface area contributed by atoms with Crippen molar-refractivity contribution in [2.24, 2.45) is 5.73 Å². The topological polar surface area (TPSA) is 187 Å². The first kappa shape index (κ1) is 31.6. The summed E-state index contributed by atoms with van der Waals surface area (Å²) in [7, 11) is 1.53. The number of rotatable bonds is 6. The first-order chi connectivity index (χ1) is 21.9. The molecule has 12 heteroatoms. The number of fused-ring (bicyclic) bond motifs is 3. The molecule has 1 unspecified atom stereocenters. The molecule has 6 rings (SSSR count). The van der Waals surface area contributed by atoms with E-state index in [-0.39, 0.29) is 52.6 Å². The number of anilines is 1. The second-order valence-electron chi connectivity index (χ2n) is 12.1. The van der Waals surface area contributed by atoms with Gasteiger partial charge in [0.05, 0.1) is 29.4 Å². The van der Waals surface area contributed by atoms with Gasteiger partial charge >= 0.3 is 6.09 Å². The number of phenolic OH excluding ortho intramolecular Hbond substituents is 2. The van der Waals surface area contributed by atoms with Crippen LogP contribution in [-0.2, 0) is 25.4 Å². The fraction of sp³-hybridized carbons (Fsp3) is 0.382. The lowest BCUT2D eigenvalue weighted by molar-refractivity contribution is -0.253. The Morgan fingerprint density at radius 1 is 1.02 bits per heavy atom. The second kappa shape index (κ2) is 12.1. The van der Waals surface area contributed by atoms with Gasteiger partial charge in [-0.2, -0.15) is 0 Å². The third kappa shape index (κ3) is 5.41. The van der Waals surface area contributed by atoms with Crippen LogP contribution in [0.5, 0.6) is 11.5 Å². The van der Waals surface area contributed by atoms with Gasteiger partial charge in [-0.1, -0.05) is 42.5 Å². The van der Waals surface area contributed by atoms with E-state index in [4.69, 9.17) is 24.7 Å². The molecule has 1 aliphatic heterocycles. The first-order valence-corrected chi connectivity index (χ1v) is 15.1. The monoisotopic (exact) mass is 632 g/mol. The van der Waals surface area contributed by atoms with Gasteiger partial charge in [-0.25, -0.2) is 4.79 Å². The average molecular weight is 633 g/mol. The maximum atomic E-state index is 13.6. The third-order valence-electron chi connectivity index (χ3n) is 9.17. The number of aliphatic hydroxyl groups is 1. The number of carbonyl (C=O) groups excluding carboxylic acids is 3. The Labute approximate surface area is 265 Å². The Hall–Kier alpha value is -4.33. The van der Waals surface area contributed by atoms with Gasteiger partial charge in [0, 0.05) is 60.4 Å². The van der Waals surface area contributed by atoms with E-state index in [1.165, 1.54) is 26.2 Å². The van der Waals surface area contributed by atoms with Crippen molar-refractivity contribution in [3.8, 4) is 11.5 Å². The number of nitrogens with two attached hydrogens (primary N) is 1. The lowest BCUT2D eigenvalue weighted by Crippen LogP contribution is -2.54. The smallest absolute Gasteiger partial charge is 0.411 e. The summed E-state index contributed by atoms with van der Waals surface area (Å²) in [5.74, 6) is -2.40. The molecule has 12 nitrogen and oxygen atoms in total. The van der Waals surface area contributed by atoms with Crippen molar-refractivity contribution in [2.45, 2.75) is 75.5 Å². The Balaban J connectivity index is 1.40. The molecule has 0 bridgehead atoms. The molecule has 1 fully saturated rings. The van der Waals surface area contributed by atoms with E-state index in [0.29, 0.717) is 5.69 Å². The van der Waals surface area contributed by atoms with Crippen molar-refractivity contribution >= 4 is 23.3 Å². The molecule has 242 valence electrons. The number of benzene rings is 3. The third-order valence-corrected chi connectivity index (χ3v) is 9.17. The molecule has 3 aliphatic rings. The Morgan fingerprint density at radius 2 is 1.63 bits per heavy atom. The van der Waals surface area contributed by atoms with Crippen LogP contribution in [-0.4, -0.2) is 76.3 Å². The van der Waals surface area contributed by atoms with Gasteiger partial charge in [-0.05, 0) is 26.0 Å². The molecule has 3 aromatic rings. The molecule has 7 atom stereocenters. The van der Waals surface area contributed by atoms with E-state index < -0.39 is 71.5 Å². The average Bonchev–Trinajstić information content (AvgIpc) is 3.01. The fourth-order valence-corrected chi connectivity index (χ4v) is 6.79. The van der Waals surface area contributed by atoms with Crippen LogP contribution in [0.1, 0.15) is 75.8 Å². The highest BCUT2D eigenvalue weighted by Crippen LogP contribution is 2.52. The standard InChI is InChI=1S/C34H36N2O10/c1-16-32(43-3)22(35)13-24(44-16)46-23-15-34(42,17(2)45-33(41)36-18-9-5-4-6-10-18)14-21-25(23)31(40)27-26(30(21)39)28(37)19-11-7-8-12-20(19)29(27)38/h4-12,16-17,22-24,32,39-40,42H,13-15,35H2,1-3H3,(H,36,41)/t16-,17?,22-,23-,24-,32+,34-/m0/s1. The molecule has 0 spiro atoms. The van der Waals surface area contributed by atoms with Crippen molar-refractivity contribution < 1.29 is 48.7 Å². The van der Waals surface area contributed by atoms with Gasteiger partial charge in [0.15, 0.2) is 17.9 Å². The largest absolute Gasteiger partial charge is 0.507 e. The molecular formula is C34H36N2O10. The van der Waals surface area contributed by atoms with Gasteiger partial charge in [0.25, 0.3) is 0 Å². The number of amides is 1. The van der Waals surface area contributed by atoms with E-state index in [1.807, 2.05) is 0 Å². The number of ether oxygens (including phenoxy) is 4. The van der Waals surface area contributed by atoms with Crippen LogP contribution in [0, 0.1) is 0 Å². The minimum Gasteiger partial charge on any atom is -0.507 e. The van der Waals surface area contributed by atoms with Crippen LogP contribution in [0.2, 0.25) is 0 Å². The number of ketones is 2. The molecule has 46 heavy (non-hydrogen) atoms. The molecule has 6 N–H and O–H groups in total. The summed E-state index contributed by atoms with van der Waals surface area (Å²) in [6.07, 6.45) is -5.36. The quantitative estimate of drug-likeness (QED) is 0.195. The summed E-state index contributed by atoms with van der Waals surface area (Å²) in [5, 5.41) is 38.0. The molecule has 0 aromatic heterocycles. The maximum Gasteiger partial charge on any atom is 0.411 e. The van der Waals surface area contributed by atoms with Gasteiger partial charge in [0.1, 0.15) is 23.2 Å². The van der Waals surface area contributed by atoms with Gasteiger partial charge in [-0.15, -0.1) is 0 Å². The van der Waals surface area contributed by atoms with Gasteiger partial charge < -0.3 is 40.0 Å². The SMILES string of the molecule is CO[C@@H]1[C@H](C)O[C@@H](O[C@H]2C[C@](O)(C(C)OC(=O)Nc3ccccc3)Cc3c(O)c4c(c(O)c32)C(=O)c2ccccc2C4=O)C[C@@H]1N. The second-order valence-corrected chi connectivity index (χ2v) is 12.1. The Bertz CT molecular complexity index is 1680. The van der Waals surface area contributed by atoms with E-state index in [0.717, 1.165) is 0 Å². The zero-order chi connectivity index (χ0) is 32.9. The highest BCUT2D eigenvalue weighted by molar-refractivity contribution is 6.30. The number of para-hydroxylation sites is 1. The molecular weight excluding hydrogens is 596 g/mol. The number of methoxy groups -OCH3 is 1. The highest BCUT2D eigenvalue weighted by atomic mass is 16.7. The number of phenols is 2. The summed E-state index contributed by atoms with van der Waals surface area (Å²) in [4.78, 5) is 40.1. The fourth-order valence-electron chi connectivity index (χ4n) is 6.79. The number of carbonyl (C=O) groups is 3. The van der Waals surface area contributed by atoms with Crippen LogP contribution in [0.4, 0.5) is 10.5 Å². The van der Waals surface area contributed by atoms with Gasteiger partial charge in [-0.3, -0.25) is 14.9 Å². The molecule has 1 saturated heterocycles. The lowest BCUT2D eigenvalue weighted by atomic mass is 9.71. The summed E-state index contributed by atoms with van der Waals surface area (Å²) in [6.45, 7) is 3.27. The van der Waals surface area contributed by atoms with E-state index in [2.05, 4.69) is 5.32 Å².